The normalized spacial score (nSPS) is 27.2. The summed E-state index contributed by atoms with van der Waals surface area (Å²) in [5.41, 5.74) is -0.116. The monoisotopic (exact) mass is 360 g/mol. The zero-order valence-electron chi connectivity index (χ0n) is 15.5. The fourth-order valence-corrected chi connectivity index (χ4v) is 3.89. The Kier molecular flexibility index (Phi) is 5.19. The lowest BCUT2D eigenvalue weighted by Gasteiger charge is -2.39. The molecule has 3 rings (SSSR count). The second-order valence-corrected chi connectivity index (χ2v) is 7.17. The summed E-state index contributed by atoms with van der Waals surface area (Å²) in [6.45, 7) is 7.92. The van der Waals surface area contributed by atoms with Gasteiger partial charge in [-0.1, -0.05) is 26.0 Å². The third kappa shape index (κ3) is 3.16. The van der Waals surface area contributed by atoms with E-state index in [-0.39, 0.29) is 36.1 Å². The van der Waals surface area contributed by atoms with Crippen molar-refractivity contribution in [2.45, 2.75) is 32.3 Å². The molecule has 1 fully saturated rings. The molecule has 4 nitrogen and oxygen atoms in total. The Labute approximate surface area is 153 Å². The van der Waals surface area contributed by atoms with Crippen LogP contribution >= 0.6 is 0 Å². The summed E-state index contributed by atoms with van der Waals surface area (Å²) in [6, 6.07) is 4.87. The lowest BCUT2D eigenvalue weighted by Crippen LogP contribution is -2.46. The van der Waals surface area contributed by atoms with Crippen molar-refractivity contribution in [1.82, 2.24) is 0 Å². The van der Waals surface area contributed by atoms with Gasteiger partial charge in [-0.25, -0.2) is 4.39 Å². The predicted molar refractivity (Wildman–Crippen MR) is 96.1 cm³/mol. The average molecular weight is 360 g/mol. The standard InChI is InChI=1S/C21H25FO4/c1-5-13(2)17-11-21(20(10-19(17)23)25-12-26-21)14(3)8-15-6-7-16(24-4)9-18(15)22/h5-7,9-10,13-14,17H,1,8,11-12H2,2-4H3/t13-,14+,17-,21-/m1/s1. The molecule has 0 N–H and O–H groups in total. The van der Waals surface area contributed by atoms with Gasteiger partial charge < -0.3 is 14.2 Å². The van der Waals surface area contributed by atoms with Crippen LogP contribution in [0.25, 0.3) is 0 Å². The summed E-state index contributed by atoms with van der Waals surface area (Å²) in [5, 5.41) is 0. The van der Waals surface area contributed by atoms with Crippen molar-refractivity contribution in [1.29, 1.82) is 0 Å². The van der Waals surface area contributed by atoms with Crippen LogP contribution in [-0.4, -0.2) is 25.3 Å². The van der Waals surface area contributed by atoms with E-state index in [1.807, 2.05) is 13.8 Å². The second kappa shape index (κ2) is 7.23. The van der Waals surface area contributed by atoms with Crippen LogP contribution in [0.4, 0.5) is 4.39 Å². The molecule has 4 atom stereocenters. The van der Waals surface area contributed by atoms with Gasteiger partial charge in [0.1, 0.15) is 22.9 Å². The first-order chi connectivity index (χ1) is 12.4. The summed E-state index contributed by atoms with van der Waals surface area (Å²) < 4.78 is 31.1. The summed E-state index contributed by atoms with van der Waals surface area (Å²) in [4.78, 5) is 12.5. The molecule has 26 heavy (non-hydrogen) atoms. The minimum Gasteiger partial charge on any atom is -0.497 e. The molecule has 0 bridgehead atoms. The zero-order valence-corrected chi connectivity index (χ0v) is 15.5. The van der Waals surface area contributed by atoms with Crippen LogP contribution in [0, 0.1) is 23.6 Å². The van der Waals surface area contributed by atoms with Crippen LogP contribution < -0.4 is 4.74 Å². The molecule has 0 saturated carbocycles. The van der Waals surface area contributed by atoms with Gasteiger partial charge in [0.15, 0.2) is 12.6 Å². The van der Waals surface area contributed by atoms with Gasteiger partial charge in [-0.2, -0.15) is 0 Å². The maximum Gasteiger partial charge on any atom is 0.189 e. The summed E-state index contributed by atoms with van der Waals surface area (Å²) >= 11 is 0. The van der Waals surface area contributed by atoms with E-state index < -0.39 is 5.60 Å². The van der Waals surface area contributed by atoms with Crippen molar-refractivity contribution in [3.63, 3.8) is 0 Å². The van der Waals surface area contributed by atoms with Crippen LogP contribution in [0.15, 0.2) is 42.7 Å². The van der Waals surface area contributed by atoms with Gasteiger partial charge in [0, 0.05) is 18.1 Å². The van der Waals surface area contributed by atoms with Gasteiger partial charge in [0.05, 0.1) is 7.11 Å². The van der Waals surface area contributed by atoms with Gasteiger partial charge in [0.2, 0.25) is 0 Å². The number of methoxy groups -OCH3 is 1. The lowest BCUT2D eigenvalue weighted by atomic mass is 9.69. The number of rotatable bonds is 6. The second-order valence-electron chi connectivity index (χ2n) is 7.17. The summed E-state index contributed by atoms with van der Waals surface area (Å²) in [5.74, 6) is 0.549. The SMILES string of the molecule is C=C[C@@H](C)[C@H]1C[C@]2([C@@H](C)Cc3ccc(OC)cc3F)OCOC2=CC1=O. The molecule has 1 aromatic carbocycles. The number of benzene rings is 1. The molecule has 1 heterocycles. The number of halogens is 1. The van der Waals surface area contributed by atoms with Crippen LogP contribution in [-0.2, 0) is 20.7 Å². The van der Waals surface area contributed by atoms with Crippen molar-refractivity contribution in [2.24, 2.45) is 17.8 Å². The molecule has 0 aromatic heterocycles. The van der Waals surface area contributed by atoms with Gasteiger partial charge in [0.25, 0.3) is 0 Å². The Morgan fingerprint density at radius 1 is 1.46 bits per heavy atom. The first-order valence-electron chi connectivity index (χ1n) is 8.89. The Balaban J connectivity index is 1.89. The van der Waals surface area contributed by atoms with Gasteiger partial charge >= 0.3 is 0 Å². The quantitative estimate of drug-likeness (QED) is 0.718. The minimum absolute atomic E-state index is 0.0336. The van der Waals surface area contributed by atoms with Gasteiger partial charge in [-0.15, -0.1) is 6.58 Å². The number of carbonyl (C=O) groups excluding carboxylic acids is 1. The maximum atomic E-state index is 14.4. The molecule has 2 aliphatic rings. The van der Waals surface area contributed by atoms with E-state index in [0.717, 1.165) is 0 Å². The van der Waals surface area contributed by atoms with Crippen molar-refractivity contribution < 1.29 is 23.4 Å². The molecule has 0 radical (unpaired) electrons. The molecule has 1 aliphatic carbocycles. The van der Waals surface area contributed by atoms with E-state index in [9.17, 15) is 9.18 Å². The minimum atomic E-state index is -0.706. The van der Waals surface area contributed by atoms with E-state index in [1.54, 1.807) is 24.3 Å². The third-order valence-electron chi connectivity index (χ3n) is 5.70. The first kappa shape index (κ1) is 18.6. The van der Waals surface area contributed by atoms with Crippen LogP contribution in [0.2, 0.25) is 0 Å². The van der Waals surface area contributed by atoms with Crippen molar-refractivity contribution >= 4 is 5.78 Å². The molecular formula is C21H25FO4. The van der Waals surface area contributed by atoms with Crippen LogP contribution in [0.3, 0.4) is 0 Å². The highest BCUT2D eigenvalue weighted by Gasteiger charge is 2.52. The fourth-order valence-electron chi connectivity index (χ4n) is 3.89. The van der Waals surface area contributed by atoms with Crippen molar-refractivity contribution in [3.05, 3.63) is 54.1 Å². The predicted octanol–water partition coefficient (Wildman–Crippen LogP) is 4.05. The third-order valence-corrected chi connectivity index (χ3v) is 5.70. The highest BCUT2D eigenvalue weighted by Crippen LogP contribution is 2.47. The number of ether oxygens (including phenoxy) is 3. The summed E-state index contributed by atoms with van der Waals surface area (Å²) in [6.07, 6.45) is 4.34. The smallest absolute Gasteiger partial charge is 0.189 e. The topological polar surface area (TPSA) is 44.8 Å². The van der Waals surface area contributed by atoms with E-state index in [2.05, 4.69) is 6.58 Å². The Bertz CT molecular complexity index is 742. The number of allylic oxidation sites excluding steroid dienone is 2. The molecule has 0 spiro atoms. The van der Waals surface area contributed by atoms with E-state index in [0.29, 0.717) is 29.9 Å². The van der Waals surface area contributed by atoms with E-state index in [1.165, 1.54) is 13.2 Å². The number of hydrogen-bond acceptors (Lipinski definition) is 4. The zero-order chi connectivity index (χ0) is 18.9. The summed E-state index contributed by atoms with van der Waals surface area (Å²) in [7, 11) is 1.51. The molecule has 1 aliphatic heterocycles. The largest absolute Gasteiger partial charge is 0.497 e. The molecule has 0 unspecified atom stereocenters. The number of fused-ring (bicyclic) bond motifs is 1. The number of carbonyl (C=O) groups is 1. The Morgan fingerprint density at radius 2 is 2.23 bits per heavy atom. The lowest BCUT2D eigenvalue weighted by molar-refractivity contribution is -0.124. The van der Waals surface area contributed by atoms with E-state index in [4.69, 9.17) is 14.2 Å². The molecule has 140 valence electrons. The number of hydrogen-bond donors (Lipinski definition) is 0. The molecular weight excluding hydrogens is 335 g/mol. The fraction of sp³-hybridized carbons (Fsp3) is 0.476. The van der Waals surface area contributed by atoms with Crippen molar-refractivity contribution in [2.75, 3.05) is 13.9 Å². The van der Waals surface area contributed by atoms with E-state index >= 15 is 0 Å². The highest BCUT2D eigenvalue weighted by atomic mass is 19.1. The molecule has 1 aromatic rings. The van der Waals surface area contributed by atoms with Gasteiger partial charge in [-0.3, -0.25) is 4.79 Å². The average Bonchev–Trinajstić information content (AvgIpc) is 3.05. The van der Waals surface area contributed by atoms with Crippen molar-refractivity contribution in [3.8, 4) is 5.75 Å². The van der Waals surface area contributed by atoms with Gasteiger partial charge in [-0.05, 0) is 36.3 Å². The van der Waals surface area contributed by atoms with Crippen LogP contribution in [0.1, 0.15) is 25.8 Å². The maximum absolute atomic E-state index is 14.4. The Hall–Kier alpha value is -2.14. The van der Waals surface area contributed by atoms with Crippen LogP contribution in [0.5, 0.6) is 5.75 Å². The Morgan fingerprint density at radius 3 is 2.88 bits per heavy atom. The highest BCUT2D eigenvalue weighted by molar-refractivity contribution is 5.94. The molecule has 0 amide bonds. The molecule has 1 saturated heterocycles. The first-order valence-corrected chi connectivity index (χ1v) is 8.89. The molecule has 5 heteroatoms. The number of ketones is 1.